The molecule has 1 fully saturated rings. The van der Waals surface area contributed by atoms with Crippen molar-refractivity contribution < 1.29 is 27.6 Å². The number of ether oxygens (including phenoxy) is 1. The van der Waals surface area contributed by atoms with Crippen molar-refractivity contribution in [3.8, 4) is 0 Å². The van der Waals surface area contributed by atoms with Gasteiger partial charge in [-0.1, -0.05) is 0 Å². The smallest absolute Gasteiger partial charge is 0.469 e. The average molecular weight is 312 g/mol. The Labute approximate surface area is 128 Å². The highest BCUT2D eigenvalue weighted by molar-refractivity contribution is 6.62. The Morgan fingerprint density at radius 1 is 1.14 bits per heavy atom. The van der Waals surface area contributed by atoms with Gasteiger partial charge in [0.15, 0.2) is 0 Å². The Kier molecular flexibility index (Phi) is 4.32. The van der Waals surface area contributed by atoms with E-state index in [0.717, 1.165) is 19.2 Å². The number of hydrogen-bond donors (Lipinski definition) is 0. The SMILES string of the molecule is COC(=O)Cc1c(F)cc(B2OC(C)(C)C(C)(C)O2)cc1F. The summed E-state index contributed by atoms with van der Waals surface area (Å²) >= 11 is 0. The van der Waals surface area contributed by atoms with Crippen molar-refractivity contribution in [2.24, 2.45) is 0 Å². The summed E-state index contributed by atoms with van der Waals surface area (Å²) in [4.78, 5) is 11.2. The lowest BCUT2D eigenvalue weighted by molar-refractivity contribution is -0.139. The molecule has 2 rings (SSSR count). The third kappa shape index (κ3) is 3.01. The van der Waals surface area contributed by atoms with E-state index >= 15 is 0 Å². The normalized spacial score (nSPS) is 19.3. The monoisotopic (exact) mass is 312 g/mol. The number of carbonyl (C=O) groups is 1. The summed E-state index contributed by atoms with van der Waals surface area (Å²) < 4.78 is 44.1. The molecule has 1 heterocycles. The third-order valence-electron chi connectivity index (χ3n) is 4.24. The highest BCUT2D eigenvalue weighted by Crippen LogP contribution is 2.36. The summed E-state index contributed by atoms with van der Waals surface area (Å²) in [7, 11) is 0.304. The van der Waals surface area contributed by atoms with Crippen LogP contribution in [-0.2, 0) is 25.3 Å². The lowest BCUT2D eigenvalue weighted by Gasteiger charge is -2.32. The first-order chi connectivity index (χ1) is 10.1. The number of carbonyl (C=O) groups excluding carboxylic acids is 1. The second-order valence-corrected chi connectivity index (χ2v) is 6.30. The molecule has 0 unspecified atom stereocenters. The first kappa shape index (κ1) is 16.9. The van der Waals surface area contributed by atoms with Gasteiger partial charge >= 0.3 is 13.1 Å². The molecule has 0 saturated carbocycles. The van der Waals surface area contributed by atoms with Crippen LogP contribution in [0.15, 0.2) is 12.1 Å². The number of esters is 1. The fraction of sp³-hybridized carbons (Fsp3) is 0.533. The Morgan fingerprint density at radius 3 is 2.00 bits per heavy atom. The van der Waals surface area contributed by atoms with Crippen molar-refractivity contribution in [2.75, 3.05) is 7.11 Å². The molecule has 0 bridgehead atoms. The molecular formula is C15H19BF2O4. The first-order valence-corrected chi connectivity index (χ1v) is 6.97. The van der Waals surface area contributed by atoms with Crippen LogP contribution in [0.25, 0.3) is 0 Å². The van der Waals surface area contributed by atoms with E-state index in [4.69, 9.17) is 9.31 Å². The van der Waals surface area contributed by atoms with Crippen LogP contribution in [0.3, 0.4) is 0 Å². The number of rotatable bonds is 3. The van der Waals surface area contributed by atoms with Crippen molar-refractivity contribution in [1.29, 1.82) is 0 Å². The maximum atomic E-state index is 14.1. The van der Waals surface area contributed by atoms with Gasteiger partial charge in [0.25, 0.3) is 0 Å². The first-order valence-electron chi connectivity index (χ1n) is 6.97. The van der Waals surface area contributed by atoms with Crippen molar-refractivity contribution in [1.82, 2.24) is 0 Å². The molecule has 0 spiro atoms. The summed E-state index contributed by atoms with van der Waals surface area (Å²) in [5.41, 5.74) is -1.29. The van der Waals surface area contributed by atoms with Gasteiger partial charge in [0.2, 0.25) is 0 Å². The van der Waals surface area contributed by atoms with E-state index in [0.29, 0.717) is 0 Å². The third-order valence-corrected chi connectivity index (χ3v) is 4.24. The summed E-state index contributed by atoms with van der Waals surface area (Å²) in [5.74, 6) is -2.36. The Morgan fingerprint density at radius 2 is 1.59 bits per heavy atom. The Bertz CT molecular complexity index is 562. The zero-order valence-electron chi connectivity index (χ0n) is 13.3. The van der Waals surface area contributed by atoms with Crippen LogP contribution in [0, 0.1) is 11.6 Å². The molecule has 0 aliphatic carbocycles. The largest absolute Gasteiger partial charge is 0.495 e. The van der Waals surface area contributed by atoms with Crippen molar-refractivity contribution in [3.05, 3.63) is 29.3 Å². The van der Waals surface area contributed by atoms with Gasteiger partial charge in [-0.2, -0.15) is 0 Å². The van der Waals surface area contributed by atoms with Crippen molar-refractivity contribution >= 4 is 18.6 Å². The number of benzene rings is 1. The molecular weight excluding hydrogens is 293 g/mol. The lowest BCUT2D eigenvalue weighted by atomic mass is 9.78. The minimum atomic E-state index is -0.860. The van der Waals surface area contributed by atoms with E-state index in [1.165, 1.54) is 0 Å². The molecule has 7 heteroatoms. The van der Waals surface area contributed by atoms with Crippen LogP contribution in [0.1, 0.15) is 33.3 Å². The number of halogens is 2. The highest BCUT2D eigenvalue weighted by Gasteiger charge is 2.52. The molecule has 0 amide bonds. The van der Waals surface area contributed by atoms with Gasteiger partial charge in [-0.3, -0.25) is 4.79 Å². The molecule has 0 radical (unpaired) electrons. The molecule has 1 saturated heterocycles. The molecule has 0 aromatic heterocycles. The van der Waals surface area contributed by atoms with Gasteiger partial charge in [-0.05, 0) is 45.3 Å². The molecule has 1 aromatic carbocycles. The maximum absolute atomic E-state index is 14.1. The summed E-state index contributed by atoms with van der Waals surface area (Å²) in [5, 5.41) is 0. The van der Waals surface area contributed by atoms with Gasteiger partial charge in [-0.25, -0.2) is 8.78 Å². The van der Waals surface area contributed by atoms with Crippen LogP contribution >= 0.6 is 0 Å². The van der Waals surface area contributed by atoms with Gasteiger partial charge in [0.1, 0.15) is 11.6 Å². The number of methoxy groups -OCH3 is 1. The van der Waals surface area contributed by atoms with E-state index in [-0.39, 0.29) is 11.0 Å². The van der Waals surface area contributed by atoms with Gasteiger partial charge in [-0.15, -0.1) is 0 Å². The van der Waals surface area contributed by atoms with Gasteiger partial charge in [0.05, 0.1) is 24.7 Å². The molecule has 1 aliphatic heterocycles. The molecule has 0 atom stereocenters. The van der Waals surface area contributed by atoms with Crippen molar-refractivity contribution in [2.45, 2.75) is 45.3 Å². The molecule has 0 N–H and O–H groups in total. The van der Waals surface area contributed by atoms with Crippen LogP contribution in [0.4, 0.5) is 8.78 Å². The van der Waals surface area contributed by atoms with Crippen LogP contribution in [0.5, 0.6) is 0 Å². The fourth-order valence-corrected chi connectivity index (χ4v) is 2.12. The topological polar surface area (TPSA) is 44.8 Å². The number of hydrogen-bond acceptors (Lipinski definition) is 4. The van der Waals surface area contributed by atoms with Crippen LogP contribution in [0.2, 0.25) is 0 Å². The Balaban J connectivity index is 2.30. The molecule has 1 aromatic rings. The summed E-state index contributed by atoms with van der Waals surface area (Å²) in [6.07, 6.45) is -0.461. The molecule has 22 heavy (non-hydrogen) atoms. The molecule has 1 aliphatic rings. The summed E-state index contributed by atoms with van der Waals surface area (Å²) in [6, 6.07) is 2.26. The zero-order valence-corrected chi connectivity index (χ0v) is 13.3. The molecule has 4 nitrogen and oxygen atoms in total. The van der Waals surface area contributed by atoms with Gasteiger partial charge < -0.3 is 14.0 Å². The molecule has 120 valence electrons. The predicted octanol–water partition coefficient (Wildman–Crippen LogP) is 1.98. The van der Waals surface area contributed by atoms with Crippen molar-refractivity contribution in [3.63, 3.8) is 0 Å². The second-order valence-electron chi connectivity index (χ2n) is 6.30. The van der Waals surface area contributed by atoms with E-state index in [9.17, 15) is 13.6 Å². The van der Waals surface area contributed by atoms with E-state index < -0.39 is 42.3 Å². The fourth-order valence-electron chi connectivity index (χ4n) is 2.12. The lowest BCUT2D eigenvalue weighted by Crippen LogP contribution is -2.41. The minimum Gasteiger partial charge on any atom is -0.469 e. The highest BCUT2D eigenvalue weighted by atomic mass is 19.1. The maximum Gasteiger partial charge on any atom is 0.495 e. The standard InChI is InChI=1S/C15H19BF2O4/c1-14(2)15(3,4)22-16(21-14)9-6-11(17)10(12(18)7-9)8-13(19)20-5/h6-7H,8H2,1-5H3. The van der Waals surface area contributed by atoms with Crippen LogP contribution < -0.4 is 5.46 Å². The van der Waals surface area contributed by atoms with E-state index in [1.54, 1.807) is 0 Å². The Hall–Kier alpha value is -1.47. The predicted molar refractivity (Wildman–Crippen MR) is 77.8 cm³/mol. The van der Waals surface area contributed by atoms with Crippen LogP contribution in [-0.4, -0.2) is 31.4 Å². The van der Waals surface area contributed by atoms with E-state index in [1.807, 2.05) is 27.7 Å². The second kappa shape index (κ2) is 5.63. The summed E-state index contributed by atoms with van der Waals surface area (Å²) in [6.45, 7) is 7.41. The minimum absolute atomic E-state index is 0.238. The zero-order chi connectivity index (χ0) is 16.7. The average Bonchev–Trinajstić information content (AvgIpc) is 2.62. The van der Waals surface area contributed by atoms with E-state index in [2.05, 4.69) is 4.74 Å². The quantitative estimate of drug-likeness (QED) is 0.632. The van der Waals surface area contributed by atoms with Gasteiger partial charge in [0, 0.05) is 5.56 Å².